The van der Waals surface area contributed by atoms with E-state index in [-0.39, 0.29) is 12.5 Å². The van der Waals surface area contributed by atoms with Gasteiger partial charge in [-0.25, -0.2) is 0 Å². The van der Waals surface area contributed by atoms with Crippen molar-refractivity contribution in [1.29, 1.82) is 0 Å². The molecule has 0 heterocycles. The highest BCUT2D eigenvalue weighted by Crippen LogP contribution is 2.16. The predicted octanol–water partition coefficient (Wildman–Crippen LogP) is 11.6. The minimum absolute atomic E-state index is 0.0634. The molecule has 262 valence electrons. The number of amides is 1. The first-order valence-electron chi connectivity index (χ1n) is 19.6. The zero-order chi connectivity index (χ0) is 32.5. The van der Waals surface area contributed by atoms with Crippen LogP contribution in [0.25, 0.3) is 0 Å². The lowest BCUT2D eigenvalue weighted by atomic mass is 10.0. The largest absolute Gasteiger partial charge is 0.394 e. The van der Waals surface area contributed by atoms with Gasteiger partial charge in [0.2, 0.25) is 5.91 Å². The minimum Gasteiger partial charge on any atom is -0.394 e. The molecule has 4 nitrogen and oxygen atoms in total. The fraction of sp³-hybridized carbons (Fsp3) is 0.925. The van der Waals surface area contributed by atoms with E-state index in [0.29, 0.717) is 6.42 Å². The second-order valence-electron chi connectivity index (χ2n) is 14.7. The smallest absolute Gasteiger partial charge is 0.220 e. The Balaban J connectivity index is 3.54. The zero-order valence-electron chi connectivity index (χ0n) is 30.3. The molecular weight excluding hydrogens is 542 g/mol. The third kappa shape index (κ3) is 32.5. The maximum absolute atomic E-state index is 12.3. The number of nitrogens with one attached hydrogen (secondary N) is 1. The molecular formula is C40H79NO3. The van der Waals surface area contributed by atoms with Crippen LogP contribution in [0.1, 0.15) is 207 Å². The monoisotopic (exact) mass is 622 g/mol. The first kappa shape index (κ1) is 43.1. The van der Waals surface area contributed by atoms with Gasteiger partial charge in [0.05, 0.1) is 18.8 Å². The number of hydrogen-bond donors (Lipinski definition) is 3. The molecule has 0 bridgehead atoms. The number of aliphatic hydroxyl groups excluding tert-OH is 2. The van der Waals surface area contributed by atoms with Gasteiger partial charge in [-0.15, -0.1) is 0 Å². The van der Waals surface area contributed by atoms with Crippen LogP contribution in [0.4, 0.5) is 0 Å². The van der Waals surface area contributed by atoms with E-state index in [4.69, 9.17) is 0 Å². The van der Waals surface area contributed by atoms with Gasteiger partial charge in [0, 0.05) is 6.42 Å². The molecule has 0 radical (unpaired) electrons. The van der Waals surface area contributed by atoms with Crippen molar-refractivity contribution in [3.8, 4) is 0 Å². The molecule has 1 amide bonds. The minimum atomic E-state index is -0.834. The SMILES string of the molecule is CC(C)CCCCCCCCC/C=C/C(O)C(CO)NC(=O)CCCCCCCCCCCCCCCCCCCC(C)C. The van der Waals surface area contributed by atoms with Gasteiger partial charge in [0.1, 0.15) is 0 Å². The second kappa shape index (κ2) is 33.5. The molecule has 0 aliphatic rings. The van der Waals surface area contributed by atoms with E-state index in [1.54, 1.807) is 6.08 Å². The number of carbonyl (C=O) groups is 1. The summed E-state index contributed by atoms with van der Waals surface area (Å²) in [7, 11) is 0. The molecule has 0 aliphatic heterocycles. The van der Waals surface area contributed by atoms with Gasteiger partial charge >= 0.3 is 0 Å². The third-order valence-electron chi connectivity index (χ3n) is 9.13. The Morgan fingerprint density at radius 2 is 0.886 bits per heavy atom. The van der Waals surface area contributed by atoms with E-state index in [2.05, 4.69) is 33.0 Å². The van der Waals surface area contributed by atoms with Crippen LogP contribution in [-0.2, 0) is 4.79 Å². The van der Waals surface area contributed by atoms with E-state index in [1.165, 1.54) is 148 Å². The molecule has 0 spiro atoms. The highest BCUT2D eigenvalue weighted by Gasteiger charge is 2.17. The van der Waals surface area contributed by atoms with E-state index in [1.807, 2.05) is 6.08 Å². The fourth-order valence-electron chi connectivity index (χ4n) is 6.08. The average Bonchev–Trinajstić information content (AvgIpc) is 2.99. The molecule has 0 aromatic carbocycles. The molecule has 0 fully saturated rings. The lowest BCUT2D eigenvalue weighted by Gasteiger charge is -2.20. The molecule has 0 aromatic rings. The molecule has 2 unspecified atom stereocenters. The topological polar surface area (TPSA) is 69.6 Å². The Labute approximate surface area is 276 Å². The summed E-state index contributed by atoms with van der Waals surface area (Å²) in [6.45, 7) is 9.00. The van der Waals surface area contributed by atoms with Gasteiger partial charge in [0.15, 0.2) is 0 Å². The normalized spacial score (nSPS) is 13.4. The summed E-state index contributed by atoms with van der Waals surface area (Å²) in [6, 6.07) is -0.617. The molecule has 44 heavy (non-hydrogen) atoms. The summed E-state index contributed by atoms with van der Waals surface area (Å²) >= 11 is 0. The standard InChI is InChI=1S/C40H79NO3/c1-36(2)31-27-23-19-15-12-10-8-6-5-7-9-11-13-18-22-26-30-34-40(44)41-38(35-42)39(43)33-29-25-21-17-14-16-20-24-28-32-37(3)4/h29,33,36-39,42-43H,5-28,30-32,34-35H2,1-4H3,(H,41,44)/b33-29+. The number of rotatable bonds is 34. The van der Waals surface area contributed by atoms with Gasteiger partial charge in [-0.05, 0) is 31.1 Å². The first-order chi connectivity index (χ1) is 21.4. The summed E-state index contributed by atoms with van der Waals surface area (Å²) in [6.07, 6.45) is 38.8. The maximum atomic E-state index is 12.3. The number of aliphatic hydroxyl groups is 2. The second-order valence-corrected chi connectivity index (χ2v) is 14.7. The summed E-state index contributed by atoms with van der Waals surface area (Å²) in [5.41, 5.74) is 0. The lowest BCUT2D eigenvalue weighted by molar-refractivity contribution is -0.123. The molecule has 0 saturated heterocycles. The maximum Gasteiger partial charge on any atom is 0.220 e. The molecule has 3 N–H and O–H groups in total. The Hall–Kier alpha value is -0.870. The number of carbonyl (C=O) groups excluding carboxylic acids is 1. The Morgan fingerprint density at radius 3 is 1.25 bits per heavy atom. The Morgan fingerprint density at radius 1 is 0.545 bits per heavy atom. The molecule has 0 aliphatic carbocycles. The van der Waals surface area contributed by atoms with Crippen LogP contribution in [0.2, 0.25) is 0 Å². The van der Waals surface area contributed by atoms with Gasteiger partial charge in [0.25, 0.3) is 0 Å². The van der Waals surface area contributed by atoms with Crippen molar-refractivity contribution in [3.63, 3.8) is 0 Å². The van der Waals surface area contributed by atoms with Crippen LogP contribution >= 0.6 is 0 Å². The van der Waals surface area contributed by atoms with Gasteiger partial charge in [-0.1, -0.05) is 194 Å². The summed E-state index contributed by atoms with van der Waals surface area (Å²) < 4.78 is 0. The van der Waals surface area contributed by atoms with Gasteiger partial charge < -0.3 is 15.5 Å². The molecule has 0 saturated carbocycles. The number of hydrogen-bond acceptors (Lipinski definition) is 3. The number of unbranched alkanes of at least 4 members (excludes halogenated alkanes) is 23. The van der Waals surface area contributed by atoms with E-state index in [0.717, 1.165) is 37.5 Å². The molecule has 0 aromatic heterocycles. The summed E-state index contributed by atoms with van der Waals surface area (Å²) in [4.78, 5) is 12.3. The van der Waals surface area contributed by atoms with Crippen LogP contribution in [0.5, 0.6) is 0 Å². The van der Waals surface area contributed by atoms with Crippen molar-refractivity contribution in [2.75, 3.05) is 6.61 Å². The summed E-state index contributed by atoms with van der Waals surface area (Å²) in [5.74, 6) is 1.63. The van der Waals surface area contributed by atoms with Crippen LogP contribution < -0.4 is 5.32 Å². The Kier molecular flexibility index (Phi) is 32.8. The van der Waals surface area contributed by atoms with E-state index < -0.39 is 12.1 Å². The predicted molar refractivity (Wildman–Crippen MR) is 193 cm³/mol. The molecule has 0 rings (SSSR count). The van der Waals surface area contributed by atoms with Crippen molar-refractivity contribution >= 4 is 5.91 Å². The highest BCUT2D eigenvalue weighted by atomic mass is 16.3. The van der Waals surface area contributed by atoms with Crippen LogP contribution in [-0.4, -0.2) is 34.9 Å². The van der Waals surface area contributed by atoms with Crippen molar-refractivity contribution in [3.05, 3.63) is 12.2 Å². The van der Waals surface area contributed by atoms with Crippen molar-refractivity contribution < 1.29 is 15.0 Å². The summed E-state index contributed by atoms with van der Waals surface area (Å²) in [5, 5.41) is 22.9. The zero-order valence-corrected chi connectivity index (χ0v) is 30.3. The van der Waals surface area contributed by atoms with E-state index >= 15 is 0 Å². The molecule has 4 heteroatoms. The third-order valence-corrected chi connectivity index (χ3v) is 9.13. The highest BCUT2D eigenvalue weighted by molar-refractivity contribution is 5.76. The van der Waals surface area contributed by atoms with Crippen LogP contribution in [0.15, 0.2) is 12.2 Å². The van der Waals surface area contributed by atoms with Crippen molar-refractivity contribution in [2.45, 2.75) is 220 Å². The van der Waals surface area contributed by atoms with Gasteiger partial charge in [-0.3, -0.25) is 4.79 Å². The molecule has 2 atom stereocenters. The first-order valence-corrected chi connectivity index (χ1v) is 19.6. The quantitative estimate of drug-likeness (QED) is 0.0494. The van der Waals surface area contributed by atoms with Gasteiger partial charge in [-0.2, -0.15) is 0 Å². The van der Waals surface area contributed by atoms with E-state index in [9.17, 15) is 15.0 Å². The van der Waals surface area contributed by atoms with Crippen molar-refractivity contribution in [2.24, 2.45) is 11.8 Å². The lowest BCUT2D eigenvalue weighted by Crippen LogP contribution is -2.45. The average molecular weight is 622 g/mol. The Bertz CT molecular complexity index is 618. The van der Waals surface area contributed by atoms with Crippen LogP contribution in [0, 0.1) is 11.8 Å². The fourth-order valence-corrected chi connectivity index (χ4v) is 6.08. The van der Waals surface area contributed by atoms with Crippen LogP contribution in [0.3, 0.4) is 0 Å². The number of allylic oxidation sites excluding steroid dienone is 1. The van der Waals surface area contributed by atoms with Crippen molar-refractivity contribution in [1.82, 2.24) is 5.32 Å².